The van der Waals surface area contributed by atoms with Crippen molar-refractivity contribution in [2.45, 2.75) is 65.3 Å². The van der Waals surface area contributed by atoms with Crippen molar-refractivity contribution in [1.82, 2.24) is 21.1 Å². The molecule has 1 fully saturated rings. The van der Waals surface area contributed by atoms with E-state index in [0.717, 1.165) is 0 Å². The predicted octanol–water partition coefficient (Wildman–Crippen LogP) is -2.71. The number of carbonyl (C=O) groups excluding carboxylic acids is 7. The Balaban J connectivity index is 2.68. The lowest BCUT2D eigenvalue weighted by Crippen LogP contribution is -2.56. The topological polar surface area (TPSA) is 207 Å². The molecule has 34 heavy (non-hydrogen) atoms. The third-order valence-corrected chi connectivity index (χ3v) is 4.69. The van der Waals surface area contributed by atoms with E-state index in [1.165, 1.54) is 27.7 Å². The zero-order valence-corrected chi connectivity index (χ0v) is 19.7. The summed E-state index contributed by atoms with van der Waals surface area (Å²) >= 11 is 0. The number of esters is 1. The number of hydrogen-bond acceptors (Lipinski definition) is 9. The average Bonchev–Trinajstić information content (AvgIpc) is 3.52. The molecule has 5 atom stereocenters. The van der Waals surface area contributed by atoms with Crippen molar-refractivity contribution >= 4 is 41.3 Å². The number of ether oxygens (including phenoxy) is 2. The van der Waals surface area contributed by atoms with E-state index in [0.29, 0.717) is 5.01 Å². The Hall–Kier alpha value is -3.55. The lowest BCUT2D eigenvalue weighted by atomic mass is 9.99. The lowest BCUT2D eigenvalue weighted by molar-refractivity contribution is -0.146. The predicted molar refractivity (Wildman–Crippen MR) is 114 cm³/mol. The summed E-state index contributed by atoms with van der Waals surface area (Å²) in [4.78, 5) is 83.6. The highest BCUT2D eigenvalue weighted by atomic mass is 16.6. The third kappa shape index (κ3) is 8.77. The highest BCUT2D eigenvalue weighted by Gasteiger charge is 2.53. The summed E-state index contributed by atoms with van der Waals surface area (Å²) in [6.45, 7) is 6.50. The van der Waals surface area contributed by atoms with Gasteiger partial charge in [-0.15, -0.1) is 0 Å². The van der Waals surface area contributed by atoms with Crippen LogP contribution < -0.4 is 21.8 Å². The molecule has 5 amide bonds. The maximum Gasteiger partial charge on any atom is 0.338 e. The van der Waals surface area contributed by atoms with Gasteiger partial charge in [0.1, 0.15) is 12.6 Å². The molecule has 14 nitrogen and oxygen atoms in total. The molecule has 0 aliphatic carbocycles. The van der Waals surface area contributed by atoms with Crippen LogP contribution in [0.25, 0.3) is 0 Å². The van der Waals surface area contributed by atoms with Crippen molar-refractivity contribution in [3.05, 3.63) is 0 Å². The van der Waals surface area contributed by atoms with Crippen LogP contribution in [0.3, 0.4) is 0 Å². The molecular weight excluding hydrogens is 454 g/mol. The summed E-state index contributed by atoms with van der Waals surface area (Å²) in [5.74, 6) is -5.64. The first-order chi connectivity index (χ1) is 15.8. The second-order valence-corrected chi connectivity index (χ2v) is 7.82. The number of nitrogens with one attached hydrogen (secondary N) is 3. The van der Waals surface area contributed by atoms with E-state index in [1.807, 2.05) is 0 Å². The summed E-state index contributed by atoms with van der Waals surface area (Å²) < 4.78 is 9.72. The summed E-state index contributed by atoms with van der Waals surface area (Å²) in [5.41, 5.74) is 7.29. The molecule has 1 aliphatic heterocycles. The Morgan fingerprint density at radius 1 is 0.971 bits per heavy atom. The standard InChI is InChI=1S/C20H31N5O9/c1-6-33-20(32)16-15(34-16)19(31)25(8-14(21)28)24-18(30)11(4)23-17(29)9(2)7-13(27)10(3)22-12(5)26/h9-11,15-16H,6-8H2,1-5H3,(H2,21,28)(H,22,26)(H,23,29)(H,24,30)/t9-,10?,11+,15?,16?/m1/s1. The van der Waals surface area contributed by atoms with Crippen molar-refractivity contribution in [2.75, 3.05) is 13.2 Å². The van der Waals surface area contributed by atoms with Crippen LogP contribution in [0.2, 0.25) is 0 Å². The van der Waals surface area contributed by atoms with E-state index in [2.05, 4.69) is 16.1 Å². The van der Waals surface area contributed by atoms with Gasteiger partial charge in [0.15, 0.2) is 18.0 Å². The van der Waals surface area contributed by atoms with E-state index in [4.69, 9.17) is 15.2 Å². The quantitative estimate of drug-likeness (QED) is 0.128. The molecule has 0 spiro atoms. The fraction of sp³-hybridized carbons (Fsp3) is 0.650. The van der Waals surface area contributed by atoms with Crippen LogP contribution in [-0.2, 0) is 43.0 Å². The molecule has 5 N–H and O–H groups in total. The van der Waals surface area contributed by atoms with Crippen LogP contribution in [0.4, 0.5) is 0 Å². The van der Waals surface area contributed by atoms with Gasteiger partial charge in [-0.25, -0.2) is 9.80 Å². The molecule has 14 heteroatoms. The van der Waals surface area contributed by atoms with Crippen molar-refractivity contribution in [3.8, 4) is 0 Å². The highest BCUT2D eigenvalue weighted by Crippen LogP contribution is 2.25. The van der Waals surface area contributed by atoms with Gasteiger partial charge in [-0.3, -0.25) is 34.2 Å². The van der Waals surface area contributed by atoms with Gasteiger partial charge < -0.3 is 25.8 Å². The summed E-state index contributed by atoms with van der Waals surface area (Å²) in [6, 6.07) is -1.94. The van der Waals surface area contributed by atoms with Crippen LogP contribution in [0.15, 0.2) is 0 Å². The van der Waals surface area contributed by atoms with Gasteiger partial charge in [-0.2, -0.15) is 0 Å². The molecule has 1 rings (SSSR count). The number of rotatable bonds is 12. The second-order valence-electron chi connectivity index (χ2n) is 7.82. The average molecular weight is 485 g/mol. The maximum absolute atomic E-state index is 12.5. The lowest BCUT2D eigenvalue weighted by Gasteiger charge is -2.24. The van der Waals surface area contributed by atoms with E-state index in [9.17, 15) is 33.6 Å². The van der Waals surface area contributed by atoms with Crippen molar-refractivity contribution in [3.63, 3.8) is 0 Å². The van der Waals surface area contributed by atoms with Gasteiger partial charge >= 0.3 is 5.97 Å². The van der Waals surface area contributed by atoms with Gasteiger partial charge in [0.25, 0.3) is 11.8 Å². The van der Waals surface area contributed by atoms with E-state index < -0.39 is 66.4 Å². The normalized spacial score (nSPS) is 19.0. The monoisotopic (exact) mass is 485 g/mol. The minimum Gasteiger partial charge on any atom is -0.464 e. The van der Waals surface area contributed by atoms with Crippen LogP contribution >= 0.6 is 0 Å². The zero-order valence-electron chi connectivity index (χ0n) is 19.7. The molecule has 1 saturated heterocycles. The van der Waals surface area contributed by atoms with Gasteiger partial charge in [0, 0.05) is 19.3 Å². The van der Waals surface area contributed by atoms with Crippen LogP contribution in [0, 0.1) is 5.92 Å². The van der Waals surface area contributed by atoms with Crippen molar-refractivity contribution in [2.24, 2.45) is 11.7 Å². The molecule has 0 bridgehead atoms. The van der Waals surface area contributed by atoms with Crippen molar-refractivity contribution < 1.29 is 43.0 Å². The summed E-state index contributed by atoms with van der Waals surface area (Å²) in [5, 5.41) is 5.42. The van der Waals surface area contributed by atoms with Gasteiger partial charge in [-0.05, 0) is 20.8 Å². The molecule has 190 valence electrons. The largest absolute Gasteiger partial charge is 0.464 e. The first kappa shape index (κ1) is 28.5. The van der Waals surface area contributed by atoms with Crippen molar-refractivity contribution in [1.29, 1.82) is 0 Å². The van der Waals surface area contributed by atoms with Gasteiger partial charge in [0.2, 0.25) is 17.7 Å². The Morgan fingerprint density at radius 3 is 2.12 bits per heavy atom. The molecule has 0 saturated carbocycles. The minimum absolute atomic E-state index is 0.0781. The summed E-state index contributed by atoms with van der Waals surface area (Å²) in [7, 11) is 0. The number of primary amides is 1. The molecule has 0 aromatic carbocycles. The Bertz CT molecular complexity index is 846. The van der Waals surface area contributed by atoms with Crippen LogP contribution in [-0.4, -0.2) is 83.7 Å². The molecule has 1 heterocycles. The number of ketones is 1. The SMILES string of the molecule is CCOC(=O)C1OC1C(=O)N(CC(N)=O)NC(=O)[C@H](C)NC(=O)[C@H](C)CC(=O)C(C)NC(C)=O. The van der Waals surface area contributed by atoms with Gasteiger partial charge in [-0.1, -0.05) is 6.92 Å². The van der Waals surface area contributed by atoms with E-state index >= 15 is 0 Å². The second kappa shape index (κ2) is 12.6. The number of nitrogens with two attached hydrogens (primary N) is 1. The molecule has 3 unspecified atom stereocenters. The Morgan fingerprint density at radius 2 is 1.59 bits per heavy atom. The van der Waals surface area contributed by atoms with Crippen LogP contribution in [0.1, 0.15) is 41.0 Å². The fourth-order valence-corrected chi connectivity index (χ4v) is 2.79. The number of nitrogens with zero attached hydrogens (tertiary/aromatic N) is 1. The van der Waals surface area contributed by atoms with Gasteiger partial charge in [0.05, 0.1) is 12.6 Å². The molecule has 1 aliphatic rings. The number of hydrazine groups is 1. The number of carbonyl (C=O) groups is 7. The molecule has 0 radical (unpaired) electrons. The fourth-order valence-electron chi connectivity index (χ4n) is 2.79. The zero-order chi connectivity index (χ0) is 26.2. The number of amides is 5. The smallest absolute Gasteiger partial charge is 0.338 e. The molecular formula is C20H31N5O9. The molecule has 0 aromatic rings. The first-order valence-corrected chi connectivity index (χ1v) is 10.6. The van der Waals surface area contributed by atoms with E-state index in [-0.39, 0.29) is 24.7 Å². The Labute approximate surface area is 196 Å². The first-order valence-electron chi connectivity index (χ1n) is 10.6. The minimum atomic E-state index is -1.25. The number of hydrogen-bond donors (Lipinski definition) is 4. The van der Waals surface area contributed by atoms with E-state index in [1.54, 1.807) is 6.92 Å². The maximum atomic E-state index is 12.5. The summed E-state index contributed by atoms with van der Waals surface area (Å²) in [6.07, 6.45) is -2.59. The highest BCUT2D eigenvalue weighted by molar-refractivity contribution is 5.97. The number of epoxide rings is 1. The molecule has 0 aromatic heterocycles. The Kier molecular flexibility index (Phi) is 10.6. The van der Waals surface area contributed by atoms with Crippen LogP contribution in [0.5, 0.6) is 0 Å². The number of Topliss-reactive ketones (excluding diaryl/α,β-unsaturated/α-hetero) is 1. The third-order valence-electron chi connectivity index (χ3n) is 4.69.